The van der Waals surface area contributed by atoms with E-state index in [0.717, 1.165) is 35.6 Å². The van der Waals surface area contributed by atoms with Crippen LogP contribution < -0.4 is 0 Å². The maximum Gasteiger partial charge on any atom is 0.254 e. The van der Waals surface area contributed by atoms with Crippen LogP contribution in [0.25, 0.3) is 5.69 Å². The van der Waals surface area contributed by atoms with Crippen molar-refractivity contribution in [3.05, 3.63) is 77.4 Å². The smallest absolute Gasteiger partial charge is 0.254 e. The molecule has 0 N–H and O–H groups in total. The first kappa shape index (κ1) is 16.5. The minimum absolute atomic E-state index is 0.0677. The van der Waals surface area contributed by atoms with Crippen LogP contribution in [-0.4, -0.2) is 31.6 Å². The Bertz CT molecular complexity index is 911. The second-order valence-corrected chi connectivity index (χ2v) is 6.87. The number of hydrogen-bond acceptors (Lipinski definition) is 3. The lowest BCUT2D eigenvalue weighted by Gasteiger charge is -2.22. The van der Waals surface area contributed by atoms with Crippen LogP contribution in [-0.2, 0) is 6.54 Å². The molecule has 3 aromatic rings. The molecule has 132 valence electrons. The summed E-state index contributed by atoms with van der Waals surface area (Å²) in [6, 6.07) is 15.9. The van der Waals surface area contributed by atoms with Crippen LogP contribution in [0.2, 0.25) is 0 Å². The molecule has 5 heteroatoms. The monoisotopic (exact) mass is 346 g/mol. The molecule has 4 rings (SSSR count). The molecule has 1 saturated carbocycles. The number of nitrogens with zero attached hydrogens (tertiary/aromatic N) is 4. The lowest BCUT2D eigenvalue weighted by atomic mass is 10.1. The fourth-order valence-corrected chi connectivity index (χ4v) is 3.22. The van der Waals surface area contributed by atoms with E-state index in [9.17, 15) is 4.79 Å². The lowest BCUT2D eigenvalue weighted by Crippen LogP contribution is -2.32. The minimum Gasteiger partial charge on any atom is -0.330 e. The molecule has 1 amide bonds. The quantitative estimate of drug-likeness (QED) is 0.708. The summed E-state index contributed by atoms with van der Waals surface area (Å²) in [6.07, 6.45) is 3.92. The number of hydrogen-bond donors (Lipinski definition) is 0. The van der Waals surface area contributed by atoms with E-state index in [0.29, 0.717) is 18.2 Å². The van der Waals surface area contributed by atoms with Gasteiger partial charge in [0.15, 0.2) is 0 Å². The van der Waals surface area contributed by atoms with E-state index < -0.39 is 0 Å². The zero-order valence-corrected chi connectivity index (χ0v) is 15.1. The highest BCUT2D eigenvalue weighted by molar-refractivity contribution is 5.94. The lowest BCUT2D eigenvalue weighted by molar-refractivity contribution is 0.0728. The summed E-state index contributed by atoms with van der Waals surface area (Å²) < 4.78 is 1.90. The van der Waals surface area contributed by atoms with Crippen LogP contribution in [0, 0.1) is 13.8 Å². The molecule has 0 bridgehead atoms. The van der Waals surface area contributed by atoms with Gasteiger partial charge in [0.2, 0.25) is 0 Å². The van der Waals surface area contributed by atoms with Gasteiger partial charge < -0.3 is 4.90 Å². The molecule has 1 aliphatic rings. The molecule has 0 spiro atoms. The van der Waals surface area contributed by atoms with Crippen LogP contribution in [0.1, 0.15) is 40.3 Å². The summed E-state index contributed by atoms with van der Waals surface area (Å²) in [7, 11) is 0. The Morgan fingerprint density at radius 2 is 1.92 bits per heavy atom. The van der Waals surface area contributed by atoms with Crippen LogP contribution in [0.4, 0.5) is 0 Å². The summed E-state index contributed by atoms with van der Waals surface area (Å²) in [5.74, 6) is 0.0677. The Morgan fingerprint density at radius 1 is 1.15 bits per heavy atom. The molecule has 1 aliphatic carbocycles. The van der Waals surface area contributed by atoms with Gasteiger partial charge in [-0.05, 0) is 69.2 Å². The SMILES string of the molecule is Cc1cc(C)n(-c2ccc(C(=O)N(Cc3ccccn3)C3CC3)cc2)n1. The van der Waals surface area contributed by atoms with Crippen molar-refractivity contribution in [2.24, 2.45) is 0 Å². The molecule has 0 unspecified atom stereocenters. The van der Waals surface area contributed by atoms with Gasteiger partial charge in [0.05, 0.1) is 23.6 Å². The topological polar surface area (TPSA) is 51.0 Å². The standard InChI is InChI=1S/C21H22N4O/c1-15-13-16(2)25(23-15)20-8-6-17(7-9-20)21(26)24(19-10-11-19)14-18-5-3-4-12-22-18/h3-9,12-13,19H,10-11,14H2,1-2H3. The maximum atomic E-state index is 13.0. The Labute approximate surface area is 153 Å². The number of carbonyl (C=O) groups excluding carboxylic acids is 1. The van der Waals surface area contributed by atoms with Gasteiger partial charge >= 0.3 is 0 Å². The summed E-state index contributed by atoms with van der Waals surface area (Å²) >= 11 is 0. The molecule has 0 atom stereocenters. The highest BCUT2D eigenvalue weighted by Gasteiger charge is 2.33. The average Bonchev–Trinajstić information content (AvgIpc) is 3.44. The van der Waals surface area contributed by atoms with Gasteiger partial charge in [0.1, 0.15) is 0 Å². The molecule has 0 aliphatic heterocycles. The number of aryl methyl sites for hydroxylation is 2. The van der Waals surface area contributed by atoms with Crippen LogP contribution >= 0.6 is 0 Å². The second kappa shape index (κ2) is 6.75. The van der Waals surface area contributed by atoms with Gasteiger partial charge in [-0.3, -0.25) is 9.78 Å². The summed E-state index contributed by atoms with van der Waals surface area (Å²) in [6.45, 7) is 4.57. The van der Waals surface area contributed by atoms with Crippen molar-refractivity contribution in [1.82, 2.24) is 19.7 Å². The first-order chi connectivity index (χ1) is 12.6. The predicted molar refractivity (Wildman–Crippen MR) is 100 cm³/mol. The van der Waals surface area contributed by atoms with Gasteiger partial charge in [-0.15, -0.1) is 0 Å². The third-order valence-electron chi connectivity index (χ3n) is 4.68. The minimum atomic E-state index is 0.0677. The van der Waals surface area contributed by atoms with Gasteiger partial charge in [-0.2, -0.15) is 5.10 Å². The molecule has 26 heavy (non-hydrogen) atoms. The van der Waals surface area contributed by atoms with E-state index in [-0.39, 0.29) is 5.91 Å². The van der Waals surface area contributed by atoms with Gasteiger partial charge in [0.25, 0.3) is 5.91 Å². The summed E-state index contributed by atoms with van der Waals surface area (Å²) in [5, 5.41) is 4.50. The molecular formula is C21H22N4O. The number of amides is 1. The fourth-order valence-electron chi connectivity index (χ4n) is 3.22. The molecule has 2 heterocycles. The summed E-state index contributed by atoms with van der Waals surface area (Å²) in [5.41, 5.74) is 4.66. The van der Waals surface area contributed by atoms with Gasteiger partial charge in [0, 0.05) is 23.5 Å². The first-order valence-corrected chi connectivity index (χ1v) is 8.96. The van der Waals surface area contributed by atoms with Gasteiger partial charge in [-0.25, -0.2) is 4.68 Å². The number of carbonyl (C=O) groups is 1. The zero-order valence-electron chi connectivity index (χ0n) is 15.1. The predicted octanol–water partition coefficient (Wildman–Crippen LogP) is 3.69. The third kappa shape index (κ3) is 3.38. The highest BCUT2D eigenvalue weighted by atomic mass is 16.2. The molecular weight excluding hydrogens is 324 g/mol. The first-order valence-electron chi connectivity index (χ1n) is 8.96. The van der Waals surface area contributed by atoms with Crippen molar-refractivity contribution in [3.8, 4) is 5.69 Å². The highest BCUT2D eigenvalue weighted by Crippen LogP contribution is 2.29. The van der Waals surface area contributed by atoms with Crippen molar-refractivity contribution in [2.75, 3.05) is 0 Å². The molecule has 5 nitrogen and oxygen atoms in total. The van der Waals surface area contributed by atoms with E-state index in [4.69, 9.17) is 0 Å². The van der Waals surface area contributed by atoms with Crippen LogP contribution in [0.3, 0.4) is 0 Å². The average molecular weight is 346 g/mol. The van der Waals surface area contributed by atoms with Crippen molar-refractivity contribution in [1.29, 1.82) is 0 Å². The Balaban J connectivity index is 1.55. The summed E-state index contributed by atoms with van der Waals surface area (Å²) in [4.78, 5) is 19.3. The van der Waals surface area contributed by atoms with E-state index in [1.54, 1.807) is 6.20 Å². The Hall–Kier alpha value is -2.95. The van der Waals surface area contributed by atoms with E-state index in [1.807, 2.05) is 72.0 Å². The largest absolute Gasteiger partial charge is 0.330 e. The number of aromatic nitrogens is 3. The second-order valence-electron chi connectivity index (χ2n) is 6.87. The van der Waals surface area contributed by atoms with E-state index >= 15 is 0 Å². The third-order valence-corrected chi connectivity index (χ3v) is 4.68. The van der Waals surface area contributed by atoms with Crippen molar-refractivity contribution in [2.45, 2.75) is 39.3 Å². The van der Waals surface area contributed by atoms with Gasteiger partial charge in [-0.1, -0.05) is 6.07 Å². The Kier molecular flexibility index (Phi) is 4.29. The van der Waals surface area contributed by atoms with E-state index in [1.165, 1.54) is 0 Å². The number of rotatable bonds is 5. The zero-order chi connectivity index (χ0) is 18.1. The van der Waals surface area contributed by atoms with Crippen LogP contribution in [0.5, 0.6) is 0 Å². The number of benzene rings is 1. The van der Waals surface area contributed by atoms with Crippen molar-refractivity contribution >= 4 is 5.91 Å². The molecule has 1 aromatic carbocycles. The Morgan fingerprint density at radius 3 is 2.50 bits per heavy atom. The van der Waals surface area contributed by atoms with Crippen molar-refractivity contribution in [3.63, 3.8) is 0 Å². The van der Waals surface area contributed by atoms with E-state index in [2.05, 4.69) is 10.1 Å². The normalized spacial score (nSPS) is 13.6. The molecule has 0 radical (unpaired) electrons. The molecule has 0 saturated heterocycles. The number of pyridine rings is 1. The fraction of sp³-hybridized carbons (Fsp3) is 0.286. The molecule has 2 aromatic heterocycles. The molecule has 1 fully saturated rings. The van der Waals surface area contributed by atoms with Crippen LogP contribution in [0.15, 0.2) is 54.7 Å². The van der Waals surface area contributed by atoms with Crippen molar-refractivity contribution < 1.29 is 4.79 Å². The maximum absolute atomic E-state index is 13.0.